The Balaban J connectivity index is 2.47. The fourth-order valence-corrected chi connectivity index (χ4v) is 2.06. The SMILES string of the molecule is CCCc1nc(-c2ccc(F)c(Br)c2)oc1C(=O)O. The topological polar surface area (TPSA) is 63.3 Å². The Morgan fingerprint density at radius 1 is 1.53 bits per heavy atom. The summed E-state index contributed by atoms with van der Waals surface area (Å²) in [6.07, 6.45) is 1.28. The van der Waals surface area contributed by atoms with Crippen LogP contribution in [0.4, 0.5) is 4.39 Å². The van der Waals surface area contributed by atoms with E-state index in [4.69, 9.17) is 9.52 Å². The van der Waals surface area contributed by atoms with Gasteiger partial charge in [0.25, 0.3) is 0 Å². The van der Waals surface area contributed by atoms with Crippen molar-refractivity contribution in [1.82, 2.24) is 4.98 Å². The van der Waals surface area contributed by atoms with Crippen LogP contribution in [0.2, 0.25) is 0 Å². The van der Waals surface area contributed by atoms with Crippen LogP contribution in [0.15, 0.2) is 27.1 Å². The summed E-state index contributed by atoms with van der Waals surface area (Å²) in [5.74, 6) is -1.52. The van der Waals surface area contributed by atoms with Gasteiger partial charge in [0.1, 0.15) is 5.82 Å². The van der Waals surface area contributed by atoms with Gasteiger partial charge in [-0.25, -0.2) is 14.2 Å². The molecule has 0 amide bonds. The quantitative estimate of drug-likeness (QED) is 0.925. The number of carbonyl (C=O) groups is 1. The molecule has 0 aliphatic heterocycles. The fourth-order valence-electron chi connectivity index (χ4n) is 1.68. The molecule has 0 aliphatic rings. The van der Waals surface area contributed by atoms with Crippen LogP contribution >= 0.6 is 15.9 Å². The van der Waals surface area contributed by atoms with Crippen LogP contribution in [0.25, 0.3) is 11.5 Å². The summed E-state index contributed by atoms with van der Waals surface area (Å²) in [4.78, 5) is 15.2. The third-order valence-electron chi connectivity index (χ3n) is 2.54. The van der Waals surface area contributed by atoms with E-state index < -0.39 is 11.8 Å². The monoisotopic (exact) mass is 327 g/mol. The van der Waals surface area contributed by atoms with Crippen molar-refractivity contribution in [3.63, 3.8) is 0 Å². The Morgan fingerprint density at radius 3 is 2.84 bits per heavy atom. The minimum Gasteiger partial charge on any atom is -0.475 e. The number of hydrogen-bond acceptors (Lipinski definition) is 3. The lowest BCUT2D eigenvalue weighted by Crippen LogP contribution is -1.99. The molecule has 6 heteroatoms. The highest BCUT2D eigenvalue weighted by Crippen LogP contribution is 2.27. The van der Waals surface area contributed by atoms with E-state index in [0.29, 0.717) is 17.7 Å². The van der Waals surface area contributed by atoms with Gasteiger partial charge < -0.3 is 9.52 Å². The van der Waals surface area contributed by atoms with Crippen molar-refractivity contribution >= 4 is 21.9 Å². The molecular weight excluding hydrogens is 317 g/mol. The molecule has 19 heavy (non-hydrogen) atoms. The first-order valence-electron chi connectivity index (χ1n) is 5.71. The number of benzene rings is 1. The van der Waals surface area contributed by atoms with Crippen molar-refractivity contribution in [3.05, 3.63) is 39.9 Å². The van der Waals surface area contributed by atoms with Crippen LogP contribution in [0.5, 0.6) is 0 Å². The van der Waals surface area contributed by atoms with Crippen molar-refractivity contribution in [2.24, 2.45) is 0 Å². The van der Waals surface area contributed by atoms with E-state index >= 15 is 0 Å². The molecule has 0 saturated carbocycles. The Kier molecular flexibility index (Phi) is 3.99. The van der Waals surface area contributed by atoms with Crippen molar-refractivity contribution in [3.8, 4) is 11.5 Å². The van der Waals surface area contributed by atoms with Gasteiger partial charge in [-0.15, -0.1) is 0 Å². The van der Waals surface area contributed by atoms with Crippen molar-refractivity contribution in [1.29, 1.82) is 0 Å². The Bertz CT molecular complexity index is 624. The van der Waals surface area contributed by atoms with Gasteiger partial charge in [-0.05, 0) is 40.5 Å². The molecule has 4 nitrogen and oxygen atoms in total. The molecular formula is C13H11BrFNO3. The smallest absolute Gasteiger partial charge is 0.373 e. The molecule has 1 aromatic heterocycles. The number of aromatic carboxylic acids is 1. The minimum absolute atomic E-state index is 0.155. The van der Waals surface area contributed by atoms with Crippen LogP contribution in [0.1, 0.15) is 29.6 Å². The summed E-state index contributed by atoms with van der Waals surface area (Å²) in [7, 11) is 0. The summed E-state index contributed by atoms with van der Waals surface area (Å²) in [6, 6.07) is 4.26. The van der Waals surface area contributed by atoms with Gasteiger partial charge in [0.15, 0.2) is 0 Å². The highest BCUT2D eigenvalue weighted by atomic mass is 79.9. The number of aryl methyl sites for hydroxylation is 1. The predicted octanol–water partition coefficient (Wildman–Crippen LogP) is 3.89. The van der Waals surface area contributed by atoms with E-state index in [1.165, 1.54) is 18.2 Å². The molecule has 100 valence electrons. The number of halogens is 2. The second-order valence-electron chi connectivity index (χ2n) is 3.98. The van der Waals surface area contributed by atoms with Crippen LogP contribution in [-0.4, -0.2) is 16.1 Å². The minimum atomic E-state index is -1.15. The summed E-state index contributed by atoms with van der Waals surface area (Å²) >= 11 is 3.07. The third kappa shape index (κ3) is 2.84. The molecule has 1 heterocycles. The van der Waals surface area contributed by atoms with E-state index in [1.54, 1.807) is 0 Å². The highest BCUT2D eigenvalue weighted by molar-refractivity contribution is 9.10. The average Bonchev–Trinajstić information content (AvgIpc) is 2.77. The van der Waals surface area contributed by atoms with Crippen LogP contribution in [0.3, 0.4) is 0 Å². The molecule has 2 rings (SSSR count). The highest BCUT2D eigenvalue weighted by Gasteiger charge is 2.20. The predicted molar refractivity (Wildman–Crippen MR) is 70.6 cm³/mol. The molecule has 0 atom stereocenters. The second-order valence-corrected chi connectivity index (χ2v) is 4.83. The summed E-state index contributed by atoms with van der Waals surface area (Å²) < 4.78 is 18.7. The van der Waals surface area contributed by atoms with Gasteiger partial charge in [-0.3, -0.25) is 0 Å². The zero-order valence-corrected chi connectivity index (χ0v) is 11.7. The molecule has 1 aromatic carbocycles. The Morgan fingerprint density at radius 2 is 2.26 bits per heavy atom. The number of hydrogen-bond donors (Lipinski definition) is 1. The normalized spacial score (nSPS) is 10.7. The number of rotatable bonds is 4. The van der Waals surface area contributed by atoms with Crippen molar-refractivity contribution in [2.75, 3.05) is 0 Å². The zero-order chi connectivity index (χ0) is 14.0. The third-order valence-corrected chi connectivity index (χ3v) is 3.15. The van der Waals surface area contributed by atoms with Crippen molar-refractivity contribution in [2.45, 2.75) is 19.8 Å². The van der Waals surface area contributed by atoms with Crippen LogP contribution in [0, 0.1) is 5.82 Å². The lowest BCUT2D eigenvalue weighted by Gasteiger charge is -1.97. The fraction of sp³-hybridized carbons (Fsp3) is 0.231. The molecule has 2 aromatic rings. The molecule has 0 unspecified atom stereocenters. The first-order chi connectivity index (χ1) is 9.02. The maximum Gasteiger partial charge on any atom is 0.373 e. The lowest BCUT2D eigenvalue weighted by molar-refractivity contribution is 0.0661. The van der Waals surface area contributed by atoms with Gasteiger partial charge in [-0.2, -0.15) is 0 Å². The van der Waals surface area contributed by atoms with Crippen LogP contribution < -0.4 is 0 Å². The average molecular weight is 328 g/mol. The number of carboxylic acids is 1. The largest absolute Gasteiger partial charge is 0.475 e. The van der Waals surface area contributed by atoms with E-state index in [-0.39, 0.29) is 16.1 Å². The molecule has 0 spiro atoms. The maximum absolute atomic E-state index is 13.2. The molecule has 0 saturated heterocycles. The van der Waals surface area contributed by atoms with Gasteiger partial charge in [0.2, 0.25) is 11.7 Å². The Hall–Kier alpha value is -1.69. The number of nitrogens with zero attached hydrogens (tertiary/aromatic N) is 1. The summed E-state index contributed by atoms with van der Waals surface area (Å²) in [5.41, 5.74) is 0.934. The first kappa shape index (κ1) is 13.7. The molecule has 0 aliphatic carbocycles. The maximum atomic E-state index is 13.2. The van der Waals surface area contributed by atoms with Crippen LogP contribution in [-0.2, 0) is 6.42 Å². The van der Waals surface area contributed by atoms with E-state index in [9.17, 15) is 9.18 Å². The molecule has 1 N–H and O–H groups in total. The standard InChI is InChI=1S/C13H11BrFNO3/c1-2-3-10-11(13(17)18)19-12(16-10)7-4-5-9(15)8(14)6-7/h4-6H,2-3H2,1H3,(H,17,18). The second kappa shape index (κ2) is 5.52. The Labute approximate surface area is 117 Å². The van der Waals surface area contributed by atoms with Gasteiger partial charge in [0.05, 0.1) is 10.2 Å². The summed E-state index contributed by atoms with van der Waals surface area (Å²) in [5, 5.41) is 9.05. The summed E-state index contributed by atoms with van der Waals surface area (Å²) in [6.45, 7) is 1.93. The first-order valence-corrected chi connectivity index (χ1v) is 6.50. The molecule has 0 radical (unpaired) electrons. The van der Waals surface area contributed by atoms with Crippen molar-refractivity contribution < 1.29 is 18.7 Å². The van der Waals surface area contributed by atoms with Gasteiger partial charge in [-0.1, -0.05) is 13.3 Å². The van der Waals surface area contributed by atoms with Gasteiger partial charge >= 0.3 is 5.97 Å². The lowest BCUT2D eigenvalue weighted by atomic mass is 10.2. The zero-order valence-electron chi connectivity index (χ0n) is 10.1. The number of oxazole rings is 1. The van der Waals surface area contributed by atoms with E-state index in [0.717, 1.165) is 6.42 Å². The molecule has 0 bridgehead atoms. The number of carboxylic acid groups (broad SMARTS) is 1. The number of aromatic nitrogens is 1. The molecule has 0 fully saturated rings. The van der Waals surface area contributed by atoms with E-state index in [2.05, 4.69) is 20.9 Å². The van der Waals surface area contributed by atoms with Gasteiger partial charge in [0, 0.05) is 5.56 Å². The van der Waals surface area contributed by atoms with E-state index in [1.807, 2.05) is 6.92 Å².